The molecule has 2 N–H and O–H groups in total. The zero-order valence-corrected chi connectivity index (χ0v) is 11.2. The normalized spacial score (nSPS) is 10.7. The van der Waals surface area contributed by atoms with Gasteiger partial charge < -0.3 is 20.1 Å². The lowest BCUT2D eigenvalue weighted by Crippen LogP contribution is -2.28. The van der Waals surface area contributed by atoms with Crippen LogP contribution in [0.4, 0.5) is 10.1 Å². The number of likely N-dealkylation sites (N-methyl/N-ethyl adjacent to an activating group) is 1. The van der Waals surface area contributed by atoms with Crippen LogP contribution in [-0.2, 0) is 0 Å². The summed E-state index contributed by atoms with van der Waals surface area (Å²) in [6, 6.07) is 2.78. The second-order valence-electron chi connectivity index (χ2n) is 3.91. The van der Waals surface area contributed by atoms with Crippen LogP contribution in [0.1, 0.15) is 13.8 Å². The van der Waals surface area contributed by atoms with Crippen molar-refractivity contribution in [2.75, 3.05) is 39.1 Å². The third-order valence-electron chi connectivity index (χ3n) is 2.80. The number of halogens is 1. The minimum Gasteiger partial charge on any atom is -0.493 e. The van der Waals surface area contributed by atoms with Crippen LogP contribution >= 0.6 is 0 Å². The van der Waals surface area contributed by atoms with Gasteiger partial charge in [-0.15, -0.1) is 0 Å². The van der Waals surface area contributed by atoms with E-state index in [4.69, 9.17) is 15.2 Å². The molecule has 0 aliphatic heterocycles. The van der Waals surface area contributed by atoms with Gasteiger partial charge in [0, 0.05) is 24.4 Å². The number of hydrogen-bond acceptors (Lipinski definition) is 4. The number of nitrogens with zero attached hydrogens (tertiary/aromatic N) is 1. The van der Waals surface area contributed by atoms with E-state index in [0.717, 1.165) is 19.6 Å². The Bertz CT molecular complexity index is 381. The molecule has 1 rings (SSSR count). The number of methoxy groups -OCH3 is 1. The Morgan fingerprint density at radius 3 is 2.50 bits per heavy atom. The fourth-order valence-corrected chi connectivity index (χ4v) is 1.70. The molecule has 0 bridgehead atoms. The molecule has 4 nitrogen and oxygen atoms in total. The highest BCUT2D eigenvalue weighted by Gasteiger charge is 2.12. The van der Waals surface area contributed by atoms with E-state index < -0.39 is 5.82 Å². The van der Waals surface area contributed by atoms with Crippen LogP contribution in [-0.4, -0.2) is 38.3 Å². The molecule has 102 valence electrons. The highest BCUT2D eigenvalue weighted by molar-refractivity contribution is 5.52. The minimum atomic E-state index is -0.494. The van der Waals surface area contributed by atoms with Crippen molar-refractivity contribution in [2.45, 2.75) is 13.8 Å². The predicted molar refractivity (Wildman–Crippen MR) is 70.6 cm³/mol. The van der Waals surface area contributed by atoms with Crippen molar-refractivity contribution >= 4 is 5.69 Å². The molecule has 1 aromatic rings. The smallest absolute Gasteiger partial charge is 0.197 e. The summed E-state index contributed by atoms with van der Waals surface area (Å²) in [6.45, 7) is 7.21. The summed E-state index contributed by atoms with van der Waals surface area (Å²) in [4.78, 5) is 2.20. The second-order valence-corrected chi connectivity index (χ2v) is 3.91. The summed E-state index contributed by atoms with van der Waals surface area (Å²) in [5.74, 6) is -0.0442. The van der Waals surface area contributed by atoms with E-state index in [2.05, 4.69) is 18.7 Å². The molecule has 0 aliphatic carbocycles. The number of nitrogen functional groups attached to an aromatic ring is 1. The van der Waals surface area contributed by atoms with Crippen molar-refractivity contribution in [1.82, 2.24) is 4.90 Å². The maximum absolute atomic E-state index is 13.7. The van der Waals surface area contributed by atoms with Crippen molar-refractivity contribution in [1.29, 1.82) is 0 Å². The summed E-state index contributed by atoms with van der Waals surface area (Å²) >= 11 is 0. The fourth-order valence-electron chi connectivity index (χ4n) is 1.70. The minimum absolute atomic E-state index is 0.124. The van der Waals surface area contributed by atoms with Crippen LogP contribution < -0.4 is 15.2 Å². The average molecular weight is 256 g/mol. The topological polar surface area (TPSA) is 47.7 Å². The summed E-state index contributed by atoms with van der Waals surface area (Å²) in [6.07, 6.45) is 0. The molecule has 1 aromatic carbocycles. The Morgan fingerprint density at radius 2 is 1.94 bits per heavy atom. The van der Waals surface area contributed by atoms with Gasteiger partial charge in [0.15, 0.2) is 17.3 Å². The van der Waals surface area contributed by atoms with E-state index >= 15 is 0 Å². The van der Waals surface area contributed by atoms with Crippen LogP contribution in [0, 0.1) is 5.82 Å². The first kappa shape index (κ1) is 14.6. The van der Waals surface area contributed by atoms with Crippen LogP contribution in [0.5, 0.6) is 11.5 Å². The fraction of sp³-hybridized carbons (Fsp3) is 0.538. The van der Waals surface area contributed by atoms with Crippen LogP contribution in [0.25, 0.3) is 0 Å². The molecule has 0 radical (unpaired) electrons. The predicted octanol–water partition coefficient (Wildman–Crippen LogP) is 2.14. The van der Waals surface area contributed by atoms with Gasteiger partial charge in [0.25, 0.3) is 0 Å². The van der Waals surface area contributed by atoms with E-state index in [1.807, 2.05) is 0 Å². The lowest BCUT2D eigenvalue weighted by atomic mass is 10.2. The first-order chi connectivity index (χ1) is 8.62. The standard InChI is InChI=1S/C13H21FN2O2/c1-4-16(5-2)6-7-18-13-11(14)8-10(15)9-12(13)17-3/h8-9H,4-7,15H2,1-3H3. The Morgan fingerprint density at radius 1 is 1.28 bits per heavy atom. The van der Waals surface area contributed by atoms with Crippen molar-refractivity contribution in [3.8, 4) is 11.5 Å². The third-order valence-corrected chi connectivity index (χ3v) is 2.80. The van der Waals surface area contributed by atoms with Gasteiger partial charge in [-0.25, -0.2) is 4.39 Å². The van der Waals surface area contributed by atoms with Crippen molar-refractivity contribution in [3.63, 3.8) is 0 Å². The molecule has 0 unspecified atom stereocenters. The number of rotatable bonds is 7. The maximum atomic E-state index is 13.7. The molecular formula is C13H21FN2O2. The Kier molecular flexibility index (Phi) is 5.71. The number of ether oxygens (including phenoxy) is 2. The zero-order valence-electron chi connectivity index (χ0n) is 11.2. The number of benzene rings is 1. The van der Waals surface area contributed by atoms with Gasteiger partial charge in [0.05, 0.1) is 7.11 Å². The highest BCUT2D eigenvalue weighted by atomic mass is 19.1. The molecule has 0 fully saturated rings. The maximum Gasteiger partial charge on any atom is 0.197 e. The molecular weight excluding hydrogens is 235 g/mol. The van der Waals surface area contributed by atoms with E-state index in [0.29, 0.717) is 18.0 Å². The molecule has 0 saturated heterocycles. The van der Waals surface area contributed by atoms with Crippen LogP contribution in [0.15, 0.2) is 12.1 Å². The highest BCUT2D eigenvalue weighted by Crippen LogP contribution is 2.32. The number of anilines is 1. The largest absolute Gasteiger partial charge is 0.493 e. The molecule has 18 heavy (non-hydrogen) atoms. The summed E-state index contributed by atoms with van der Waals surface area (Å²) < 4.78 is 24.2. The Labute approximate surface area is 107 Å². The van der Waals surface area contributed by atoms with Crippen molar-refractivity contribution in [3.05, 3.63) is 17.9 Å². The first-order valence-corrected chi connectivity index (χ1v) is 6.10. The van der Waals surface area contributed by atoms with E-state index in [1.165, 1.54) is 13.2 Å². The molecule has 0 spiro atoms. The molecule has 0 saturated carbocycles. The van der Waals surface area contributed by atoms with Gasteiger partial charge in [0.2, 0.25) is 0 Å². The van der Waals surface area contributed by atoms with E-state index in [1.54, 1.807) is 6.07 Å². The van der Waals surface area contributed by atoms with Gasteiger partial charge in [-0.2, -0.15) is 0 Å². The SMILES string of the molecule is CCN(CC)CCOc1c(F)cc(N)cc1OC. The van der Waals surface area contributed by atoms with Crippen LogP contribution in [0.3, 0.4) is 0 Å². The van der Waals surface area contributed by atoms with Gasteiger partial charge in [-0.1, -0.05) is 13.8 Å². The number of nitrogens with two attached hydrogens (primary N) is 1. The lowest BCUT2D eigenvalue weighted by molar-refractivity contribution is 0.211. The third kappa shape index (κ3) is 3.77. The van der Waals surface area contributed by atoms with E-state index in [-0.39, 0.29) is 5.75 Å². The molecule has 5 heteroatoms. The molecule has 0 amide bonds. The van der Waals surface area contributed by atoms with Gasteiger partial charge >= 0.3 is 0 Å². The molecule has 0 heterocycles. The Balaban J connectivity index is 2.66. The van der Waals surface area contributed by atoms with E-state index in [9.17, 15) is 4.39 Å². The second kappa shape index (κ2) is 7.06. The molecule has 0 aromatic heterocycles. The van der Waals surface area contributed by atoms with Crippen molar-refractivity contribution in [2.24, 2.45) is 0 Å². The summed E-state index contributed by atoms with van der Waals surface area (Å²) in [5.41, 5.74) is 5.86. The molecule has 0 aliphatic rings. The molecule has 0 atom stereocenters. The monoisotopic (exact) mass is 256 g/mol. The average Bonchev–Trinajstić information content (AvgIpc) is 2.36. The quantitative estimate of drug-likeness (QED) is 0.759. The van der Waals surface area contributed by atoms with Gasteiger partial charge in [-0.05, 0) is 13.1 Å². The first-order valence-electron chi connectivity index (χ1n) is 6.10. The summed E-state index contributed by atoms with van der Waals surface area (Å²) in [5, 5.41) is 0. The zero-order chi connectivity index (χ0) is 13.5. The summed E-state index contributed by atoms with van der Waals surface area (Å²) in [7, 11) is 1.46. The van der Waals surface area contributed by atoms with Crippen LogP contribution in [0.2, 0.25) is 0 Å². The Hall–Kier alpha value is -1.49. The van der Waals surface area contributed by atoms with Gasteiger partial charge in [-0.3, -0.25) is 0 Å². The number of hydrogen-bond donors (Lipinski definition) is 1. The van der Waals surface area contributed by atoms with Crippen molar-refractivity contribution < 1.29 is 13.9 Å². The van der Waals surface area contributed by atoms with Gasteiger partial charge in [0.1, 0.15) is 6.61 Å². The lowest BCUT2D eigenvalue weighted by Gasteiger charge is -2.19.